The molecular weight excluding hydrogens is 256 g/mol. The zero-order chi connectivity index (χ0) is 14.9. The lowest BCUT2D eigenvalue weighted by Gasteiger charge is -2.23. The summed E-state index contributed by atoms with van der Waals surface area (Å²) in [5.41, 5.74) is 2.13. The van der Waals surface area contributed by atoms with Gasteiger partial charge in [0.25, 0.3) is 0 Å². The highest BCUT2D eigenvalue weighted by atomic mass is 16.4. The first-order valence-electron chi connectivity index (χ1n) is 7.09. The fourth-order valence-corrected chi connectivity index (χ4v) is 2.78. The molecule has 1 aromatic heterocycles. The fourth-order valence-electron chi connectivity index (χ4n) is 2.78. The van der Waals surface area contributed by atoms with Crippen molar-refractivity contribution in [3.8, 4) is 0 Å². The second-order valence-electron chi connectivity index (χ2n) is 5.73. The SMILES string of the molecule is Cc1nc(C2CCCN2C(=O)O)n(CCN(C)C)c1C. The quantitative estimate of drug-likeness (QED) is 0.914. The molecular formula is C14H24N4O2. The summed E-state index contributed by atoms with van der Waals surface area (Å²) in [4.78, 5) is 19.6. The van der Waals surface area contributed by atoms with Crippen LogP contribution in [0, 0.1) is 13.8 Å². The smallest absolute Gasteiger partial charge is 0.407 e. The lowest BCUT2D eigenvalue weighted by atomic mass is 10.2. The maximum absolute atomic E-state index is 11.3. The first-order valence-corrected chi connectivity index (χ1v) is 7.09. The van der Waals surface area contributed by atoms with Crippen LogP contribution in [0.5, 0.6) is 0 Å². The molecule has 20 heavy (non-hydrogen) atoms. The first kappa shape index (κ1) is 14.8. The minimum atomic E-state index is -0.843. The van der Waals surface area contributed by atoms with Crippen LogP contribution in [-0.2, 0) is 6.54 Å². The van der Waals surface area contributed by atoms with Crippen LogP contribution in [0.3, 0.4) is 0 Å². The number of amides is 1. The predicted octanol–water partition coefficient (Wildman–Crippen LogP) is 1.88. The van der Waals surface area contributed by atoms with E-state index in [2.05, 4.69) is 21.4 Å². The van der Waals surface area contributed by atoms with Crippen molar-refractivity contribution in [1.82, 2.24) is 19.4 Å². The Bertz CT molecular complexity index is 496. The predicted molar refractivity (Wildman–Crippen MR) is 77.0 cm³/mol. The van der Waals surface area contributed by atoms with Crippen molar-refractivity contribution in [1.29, 1.82) is 0 Å². The third-order valence-corrected chi connectivity index (χ3v) is 4.05. The molecule has 1 fully saturated rings. The number of imidazole rings is 1. The molecule has 1 aromatic rings. The number of hydrogen-bond donors (Lipinski definition) is 1. The summed E-state index contributed by atoms with van der Waals surface area (Å²) in [5.74, 6) is 0.904. The number of carbonyl (C=O) groups is 1. The van der Waals surface area contributed by atoms with Gasteiger partial charge < -0.3 is 14.6 Å². The van der Waals surface area contributed by atoms with E-state index < -0.39 is 6.09 Å². The van der Waals surface area contributed by atoms with Crippen molar-refractivity contribution < 1.29 is 9.90 Å². The monoisotopic (exact) mass is 280 g/mol. The summed E-state index contributed by atoms with van der Waals surface area (Å²) in [6.07, 6.45) is 0.935. The molecule has 6 heteroatoms. The molecule has 1 atom stereocenters. The molecule has 1 N–H and O–H groups in total. The van der Waals surface area contributed by atoms with Crippen LogP contribution in [0.4, 0.5) is 4.79 Å². The molecule has 6 nitrogen and oxygen atoms in total. The van der Waals surface area contributed by atoms with Crippen molar-refractivity contribution in [2.75, 3.05) is 27.2 Å². The Labute approximate surface area is 120 Å². The average molecular weight is 280 g/mol. The molecule has 0 radical (unpaired) electrons. The molecule has 2 heterocycles. The zero-order valence-corrected chi connectivity index (χ0v) is 12.8. The summed E-state index contributed by atoms with van der Waals surface area (Å²) in [6.45, 7) is 6.42. The van der Waals surface area contributed by atoms with Crippen molar-refractivity contribution in [2.24, 2.45) is 0 Å². The highest BCUT2D eigenvalue weighted by Crippen LogP contribution is 2.32. The average Bonchev–Trinajstić information content (AvgIpc) is 2.94. The molecule has 2 rings (SSSR count). The Morgan fingerprint density at radius 3 is 2.75 bits per heavy atom. The number of aromatic nitrogens is 2. The van der Waals surface area contributed by atoms with E-state index in [1.54, 1.807) is 0 Å². The van der Waals surface area contributed by atoms with E-state index in [1.807, 2.05) is 21.0 Å². The standard InChI is InChI=1S/C14H24N4O2/c1-10-11(2)17(9-8-16(3)4)13(15-10)12-6-5-7-18(12)14(19)20/h12H,5-9H2,1-4H3,(H,19,20). The Hall–Kier alpha value is -1.56. The van der Waals surface area contributed by atoms with Crippen LogP contribution in [0.25, 0.3) is 0 Å². The van der Waals surface area contributed by atoms with Crippen LogP contribution in [0.2, 0.25) is 0 Å². The summed E-state index contributed by atoms with van der Waals surface area (Å²) >= 11 is 0. The van der Waals surface area contributed by atoms with E-state index in [0.29, 0.717) is 6.54 Å². The van der Waals surface area contributed by atoms with Crippen LogP contribution in [0.15, 0.2) is 0 Å². The van der Waals surface area contributed by atoms with Gasteiger partial charge in [-0.05, 0) is 40.8 Å². The summed E-state index contributed by atoms with van der Waals surface area (Å²) < 4.78 is 2.18. The van der Waals surface area contributed by atoms with Crippen molar-refractivity contribution in [3.63, 3.8) is 0 Å². The normalized spacial score (nSPS) is 19.1. The van der Waals surface area contributed by atoms with Gasteiger partial charge in [-0.2, -0.15) is 0 Å². The topological polar surface area (TPSA) is 61.6 Å². The van der Waals surface area contributed by atoms with Crippen LogP contribution < -0.4 is 0 Å². The van der Waals surface area contributed by atoms with E-state index in [-0.39, 0.29) is 6.04 Å². The van der Waals surface area contributed by atoms with E-state index in [4.69, 9.17) is 0 Å². The maximum atomic E-state index is 11.3. The van der Waals surface area contributed by atoms with Gasteiger partial charge in [0.05, 0.1) is 11.7 Å². The number of hydrogen-bond acceptors (Lipinski definition) is 3. The van der Waals surface area contributed by atoms with Gasteiger partial charge in [0, 0.05) is 25.3 Å². The molecule has 1 saturated heterocycles. The minimum Gasteiger partial charge on any atom is -0.465 e. The van der Waals surface area contributed by atoms with Gasteiger partial charge in [-0.1, -0.05) is 0 Å². The van der Waals surface area contributed by atoms with E-state index in [9.17, 15) is 9.90 Å². The van der Waals surface area contributed by atoms with Gasteiger partial charge in [-0.25, -0.2) is 9.78 Å². The molecule has 0 aromatic carbocycles. The number of aryl methyl sites for hydroxylation is 1. The van der Waals surface area contributed by atoms with Crippen LogP contribution >= 0.6 is 0 Å². The second kappa shape index (κ2) is 5.83. The van der Waals surface area contributed by atoms with E-state index >= 15 is 0 Å². The highest BCUT2D eigenvalue weighted by molar-refractivity contribution is 5.66. The number of carboxylic acid groups (broad SMARTS) is 1. The Morgan fingerprint density at radius 2 is 2.15 bits per heavy atom. The molecule has 1 aliphatic rings. The molecule has 1 unspecified atom stereocenters. The summed E-state index contributed by atoms with van der Waals surface area (Å²) in [6, 6.07) is -0.0953. The molecule has 0 spiro atoms. The Balaban J connectivity index is 2.30. The zero-order valence-electron chi connectivity index (χ0n) is 12.8. The first-order chi connectivity index (χ1) is 9.41. The van der Waals surface area contributed by atoms with Gasteiger partial charge in [0.1, 0.15) is 5.82 Å². The van der Waals surface area contributed by atoms with Crippen LogP contribution in [0.1, 0.15) is 36.1 Å². The van der Waals surface area contributed by atoms with Crippen molar-refractivity contribution in [3.05, 3.63) is 17.2 Å². The summed E-state index contributed by atoms with van der Waals surface area (Å²) in [5, 5.41) is 9.31. The summed E-state index contributed by atoms with van der Waals surface area (Å²) in [7, 11) is 4.08. The van der Waals surface area contributed by atoms with Crippen molar-refractivity contribution >= 4 is 6.09 Å². The number of likely N-dealkylation sites (tertiary alicyclic amines) is 1. The molecule has 0 aliphatic carbocycles. The number of rotatable bonds is 4. The lowest BCUT2D eigenvalue weighted by Crippen LogP contribution is -2.31. The van der Waals surface area contributed by atoms with Gasteiger partial charge in [-0.3, -0.25) is 4.90 Å². The van der Waals surface area contributed by atoms with Gasteiger partial charge in [0.2, 0.25) is 0 Å². The van der Waals surface area contributed by atoms with E-state index in [0.717, 1.165) is 43.1 Å². The Morgan fingerprint density at radius 1 is 1.45 bits per heavy atom. The van der Waals surface area contributed by atoms with E-state index in [1.165, 1.54) is 4.90 Å². The number of nitrogens with zero attached hydrogens (tertiary/aromatic N) is 4. The van der Waals surface area contributed by atoms with Crippen molar-refractivity contribution in [2.45, 2.75) is 39.3 Å². The minimum absolute atomic E-state index is 0.0953. The maximum Gasteiger partial charge on any atom is 0.407 e. The molecule has 0 bridgehead atoms. The molecule has 112 valence electrons. The largest absolute Gasteiger partial charge is 0.465 e. The lowest BCUT2D eigenvalue weighted by molar-refractivity contribution is 0.137. The second-order valence-corrected chi connectivity index (χ2v) is 5.73. The fraction of sp³-hybridized carbons (Fsp3) is 0.714. The molecule has 1 amide bonds. The number of likely N-dealkylation sites (N-methyl/N-ethyl adjacent to an activating group) is 1. The third kappa shape index (κ3) is 2.80. The molecule has 0 saturated carbocycles. The Kier molecular flexibility index (Phi) is 4.32. The molecule has 1 aliphatic heterocycles. The van der Waals surface area contributed by atoms with Gasteiger partial charge >= 0.3 is 6.09 Å². The van der Waals surface area contributed by atoms with Gasteiger partial charge in [-0.15, -0.1) is 0 Å². The third-order valence-electron chi connectivity index (χ3n) is 4.05. The van der Waals surface area contributed by atoms with Gasteiger partial charge in [0.15, 0.2) is 0 Å². The highest BCUT2D eigenvalue weighted by Gasteiger charge is 2.33. The van der Waals surface area contributed by atoms with Crippen LogP contribution in [-0.4, -0.2) is 57.7 Å².